The average molecular weight is 365 g/mol. The van der Waals surface area contributed by atoms with Gasteiger partial charge in [0, 0.05) is 37.8 Å². The first-order valence-corrected chi connectivity index (χ1v) is 9.78. The minimum absolute atomic E-state index is 0.113. The number of benzene rings is 1. The zero-order valence-corrected chi connectivity index (χ0v) is 16.1. The van der Waals surface area contributed by atoms with Crippen molar-refractivity contribution in [1.82, 2.24) is 9.88 Å². The summed E-state index contributed by atoms with van der Waals surface area (Å²) in [5.41, 5.74) is 3.66. The largest absolute Gasteiger partial charge is 0.493 e. The first-order chi connectivity index (χ1) is 13.2. The van der Waals surface area contributed by atoms with Gasteiger partial charge < -0.3 is 14.5 Å². The van der Waals surface area contributed by atoms with Crippen molar-refractivity contribution in [3.05, 3.63) is 53.2 Å². The molecule has 0 radical (unpaired) electrons. The Morgan fingerprint density at radius 2 is 1.81 bits per heavy atom. The molecule has 2 aliphatic heterocycles. The lowest BCUT2D eigenvalue weighted by Gasteiger charge is -2.36. The number of pyridine rings is 1. The van der Waals surface area contributed by atoms with Crippen molar-refractivity contribution in [1.29, 1.82) is 0 Å². The van der Waals surface area contributed by atoms with Gasteiger partial charge in [-0.2, -0.15) is 0 Å². The van der Waals surface area contributed by atoms with Gasteiger partial charge in [0.05, 0.1) is 7.11 Å². The number of anilines is 1. The van der Waals surface area contributed by atoms with Crippen LogP contribution in [0, 0.1) is 12.8 Å². The highest BCUT2D eigenvalue weighted by atomic mass is 16.5. The summed E-state index contributed by atoms with van der Waals surface area (Å²) < 4.78 is 5.48. The summed E-state index contributed by atoms with van der Waals surface area (Å²) >= 11 is 0. The lowest BCUT2D eigenvalue weighted by molar-refractivity contribution is -0.137. The highest BCUT2D eigenvalue weighted by Gasteiger charge is 2.31. The molecule has 5 nitrogen and oxygen atoms in total. The minimum Gasteiger partial charge on any atom is -0.493 e. The summed E-state index contributed by atoms with van der Waals surface area (Å²) in [6.45, 7) is 5.26. The zero-order valence-electron chi connectivity index (χ0n) is 16.1. The van der Waals surface area contributed by atoms with Gasteiger partial charge in [-0.25, -0.2) is 4.98 Å². The van der Waals surface area contributed by atoms with Crippen LogP contribution >= 0.6 is 0 Å². The predicted octanol–water partition coefficient (Wildman–Crippen LogP) is 3.20. The predicted molar refractivity (Wildman–Crippen MR) is 106 cm³/mol. The molecule has 1 amide bonds. The van der Waals surface area contributed by atoms with E-state index in [4.69, 9.17) is 4.74 Å². The van der Waals surface area contributed by atoms with Crippen molar-refractivity contribution >= 4 is 11.7 Å². The van der Waals surface area contributed by atoms with Gasteiger partial charge in [0.15, 0.2) is 11.6 Å². The van der Waals surface area contributed by atoms with Gasteiger partial charge in [-0.15, -0.1) is 0 Å². The molecule has 2 aromatic rings. The molecule has 0 saturated carbocycles. The number of fused-ring (bicyclic) bond motifs is 1. The molecule has 1 aromatic heterocycles. The number of methoxy groups -OCH3 is 1. The second-order valence-corrected chi connectivity index (χ2v) is 7.52. The molecule has 0 aliphatic carbocycles. The minimum atomic E-state index is 0.113. The van der Waals surface area contributed by atoms with Gasteiger partial charge in [-0.3, -0.25) is 4.79 Å². The van der Waals surface area contributed by atoms with Crippen LogP contribution in [0.3, 0.4) is 0 Å². The maximum atomic E-state index is 13.1. The van der Waals surface area contributed by atoms with Crippen LogP contribution in [-0.4, -0.2) is 42.5 Å². The zero-order chi connectivity index (χ0) is 18.8. The van der Waals surface area contributed by atoms with Gasteiger partial charge in [-0.05, 0) is 49.4 Å². The lowest BCUT2D eigenvalue weighted by atomic mass is 9.93. The van der Waals surface area contributed by atoms with Crippen molar-refractivity contribution < 1.29 is 9.53 Å². The van der Waals surface area contributed by atoms with E-state index in [1.165, 1.54) is 11.1 Å². The molecule has 0 bridgehead atoms. The first kappa shape index (κ1) is 17.8. The van der Waals surface area contributed by atoms with Crippen molar-refractivity contribution in [2.24, 2.45) is 5.92 Å². The molecule has 0 atom stereocenters. The fourth-order valence-corrected chi connectivity index (χ4v) is 4.20. The van der Waals surface area contributed by atoms with E-state index in [9.17, 15) is 4.79 Å². The van der Waals surface area contributed by atoms with Crippen molar-refractivity contribution in [3.8, 4) is 5.75 Å². The van der Waals surface area contributed by atoms with Gasteiger partial charge in [0.25, 0.3) is 0 Å². The molecule has 0 unspecified atom stereocenters. The number of carbonyl (C=O) groups excluding carboxylic acids is 1. The summed E-state index contributed by atoms with van der Waals surface area (Å²) in [6, 6.07) is 12.4. The molecule has 142 valence electrons. The van der Waals surface area contributed by atoms with E-state index in [1.807, 2.05) is 24.0 Å². The number of rotatable bonds is 3. The summed E-state index contributed by atoms with van der Waals surface area (Å²) in [4.78, 5) is 22.0. The van der Waals surface area contributed by atoms with Crippen LogP contribution in [0.25, 0.3) is 0 Å². The second kappa shape index (κ2) is 7.59. The molecule has 27 heavy (non-hydrogen) atoms. The van der Waals surface area contributed by atoms with Crippen LogP contribution in [0.4, 0.5) is 5.82 Å². The summed E-state index contributed by atoms with van der Waals surface area (Å²) in [7, 11) is 1.68. The SMILES string of the molecule is COc1ccc(C)nc1N1CCC(C(=O)N2CCc3ccccc3C2)CC1. The topological polar surface area (TPSA) is 45.7 Å². The van der Waals surface area contributed by atoms with Crippen LogP contribution < -0.4 is 9.64 Å². The van der Waals surface area contributed by atoms with Crippen molar-refractivity contribution in [3.63, 3.8) is 0 Å². The number of hydrogen-bond donors (Lipinski definition) is 0. The third kappa shape index (κ3) is 3.64. The number of aryl methyl sites for hydroxylation is 1. The monoisotopic (exact) mass is 365 g/mol. The van der Waals surface area contributed by atoms with Gasteiger partial charge in [-0.1, -0.05) is 24.3 Å². The molecule has 1 fully saturated rings. The average Bonchev–Trinajstić information content (AvgIpc) is 2.73. The number of hydrogen-bond acceptors (Lipinski definition) is 4. The van der Waals surface area contributed by atoms with Crippen LogP contribution in [0.15, 0.2) is 36.4 Å². The van der Waals surface area contributed by atoms with E-state index in [0.29, 0.717) is 5.91 Å². The van der Waals surface area contributed by atoms with Crippen LogP contribution in [0.5, 0.6) is 5.75 Å². The Balaban J connectivity index is 1.40. The van der Waals surface area contributed by atoms with E-state index in [-0.39, 0.29) is 5.92 Å². The number of nitrogens with zero attached hydrogens (tertiary/aromatic N) is 3. The smallest absolute Gasteiger partial charge is 0.226 e. The molecule has 0 N–H and O–H groups in total. The second-order valence-electron chi connectivity index (χ2n) is 7.52. The fourth-order valence-electron chi connectivity index (χ4n) is 4.20. The molecular formula is C22H27N3O2. The molecular weight excluding hydrogens is 338 g/mol. The molecule has 3 heterocycles. The molecule has 1 saturated heterocycles. The lowest BCUT2D eigenvalue weighted by Crippen LogP contribution is -2.44. The number of ether oxygens (including phenoxy) is 1. The first-order valence-electron chi connectivity index (χ1n) is 9.78. The van der Waals surface area contributed by atoms with E-state index < -0.39 is 0 Å². The van der Waals surface area contributed by atoms with Crippen molar-refractivity contribution in [2.45, 2.75) is 32.7 Å². The normalized spacial score (nSPS) is 17.6. The highest BCUT2D eigenvalue weighted by molar-refractivity contribution is 5.79. The maximum absolute atomic E-state index is 13.1. The summed E-state index contributed by atoms with van der Waals surface area (Å²) in [6.07, 6.45) is 2.71. The number of carbonyl (C=O) groups is 1. The Bertz CT molecular complexity index is 828. The Labute approximate surface area is 161 Å². The third-order valence-electron chi connectivity index (χ3n) is 5.78. The standard InChI is InChI=1S/C22H27N3O2/c1-16-7-8-20(27-2)21(23-16)24-12-10-18(11-13-24)22(26)25-14-9-17-5-3-4-6-19(17)15-25/h3-8,18H,9-15H2,1-2H3. The quantitative estimate of drug-likeness (QED) is 0.838. The molecule has 0 spiro atoms. The Morgan fingerprint density at radius 3 is 2.56 bits per heavy atom. The van der Waals surface area contributed by atoms with Crippen molar-refractivity contribution in [2.75, 3.05) is 31.6 Å². The highest BCUT2D eigenvalue weighted by Crippen LogP contribution is 2.31. The number of piperidine rings is 1. The molecule has 2 aliphatic rings. The Hall–Kier alpha value is -2.56. The Kier molecular flexibility index (Phi) is 5.01. The van der Waals surface area contributed by atoms with Gasteiger partial charge >= 0.3 is 0 Å². The summed E-state index contributed by atoms with van der Waals surface area (Å²) in [5, 5.41) is 0. The summed E-state index contributed by atoms with van der Waals surface area (Å²) in [5.74, 6) is 2.13. The van der Waals surface area contributed by atoms with Crippen LogP contribution in [0.1, 0.15) is 29.7 Å². The Morgan fingerprint density at radius 1 is 1.07 bits per heavy atom. The molecule has 4 rings (SSSR count). The third-order valence-corrected chi connectivity index (χ3v) is 5.78. The van der Waals surface area contributed by atoms with E-state index in [1.54, 1.807) is 7.11 Å². The van der Waals surface area contributed by atoms with Gasteiger partial charge in [0.1, 0.15) is 0 Å². The van der Waals surface area contributed by atoms with E-state index >= 15 is 0 Å². The number of amides is 1. The van der Waals surface area contributed by atoms with E-state index in [0.717, 1.165) is 62.7 Å². The maximum Gasteiger partial charge on any atom is 0.226 e. The number of aromatic nitrogens is 1. The fraction of sp³-hybridized carbons (Fsp3) is 0.455. The molecule has 5 heteroatoms. The van der Waals surface area contributed by atoms with Crippen LogP contribution in [-0.2, 0) is 17.8 Å². The van der Waals surface area contributed by atoms with Crippen LogP contribution in [0.2, 0.25) is 0 Å². The van der Waals surface area contributed by atoms with Gasteiger partial charge in [0.2, 0.25) is 5.91 Å². The van der Waals surface area contributed by atoms with E-state index in [2.05, 4.69) is 34.1 Å². The molecule has 1 aromatic carbocycles.